The Morgan fingerprint density at radius 3 is 2.26 bits per heavy atom. The van der Waals surface area contributed by atoms with Crippen molar-refractivity contribution in [3.05, 3.63) is 51.5 Å². The fraction of sp³-hybridized carbons (Fsp3) is 0.458. The normalized spacial score (nSPS) is 10.6. The van der Waals surface area contributed by atoms with Crippen LogP contribution in [-0.4, -0.2) is 33.3 Å². The number of amides is 1. The van der Waals surface area contributed by atoms with Gasteiger partial charge < -0.3 is 19.5 Å². The number of rotatable bonds is 13. The highest BCUT2D eigenvalue weighted by molar-refractivity contribution is 6.37. The molecule has 0 heterocycles. The molecule has 7 heteroatoms. The number of hydrogen-bond acceptors (Lipinski definition) is 4. The second-order valence-electron chi connectivity index (χ2n) is 7.23. The van der Waals surface area contributed by atoms with Gasteiger partial charge in [-0.2, -0.15) is 0 Å². The maximum atomic E-state index is 12.5. The van der Waals surface area contributed by atoms with Crippen molar-refractivity contribution in [2.24, 2.45) is 0 Å². The molecule has 0 aliphatic rings. The van der Waals surface area contributed by atoms with Gasteiger partial charge in [0.2, 0.25) is 0 Å². The van der Waals surface area contributed by atoms with E-state index in [-0.39, 0.29) is 5.91 Å². The van der Waals surface area contributed by atoms with Crippen molar-refractivity contribution in [3.8, 4) is 17.2 Å². The summed E-state index contributed by atoms with van der Waals surface area (Å²) in [6.07, 6.45) is 6.35. The zero-order valence-corrected chi connectivity index (χ0v) is 19.9. The molecule has 2 aromatic rings. The number of carbonyl (C=O) groups is 1. The summed E-state index contributed by atoms with van der Waals surface area (Å²) < 4.78 is 16.3. The van der Waals surface area contributed by atoms with E-state index in [1.54, 1.807) is 26.4 Å². The van der Waals surface area contributed by atoms with E-state index < -0.39 is 0 Å². The average molecular weight is 468 g/mol. The fourth-order valence-corrected chi connectivity index (χ4v) is 3.76. The van der Waals surface area contributed by atoms with E-state index >= 15 is 0 Å². The minimum Gasteiger partial charge on any atom is -0.493 e. The SMILES string of the molecule is CCCCCCCOc1c(Cl)cc(C(=O)NCCc2ccc(OC)c(OC)c2)cc1Cl. The Bertz CT molecular complexity index is 834. The molecule has 2 rings (SSSR count). The summed E-state index contributed by atoms with van der Waals surface area (Å²) >= 11 is 12.6. The highest BCUT2D eigenvalue weighted by atomic mass is 35.5. The van der Waals surface area contributed by atoms with Gasteiger partial charge in [0.1, 0.15) is 0 Å². The third-order valence-electron chi connectivity index (χ3n) is 4.90. The number of methoxy groups -OCH3 is 2. The van der Waals surface area contributed by atoms with Gasteiger partial charge >= 0.3 is 0 Å². The maximum Gasteiger partial charge on any atom is 0.251 e. The quantitative estimate of drug-likeness (QED) is 0.349. The molecule has 0 saturated carbocycles. The van der Waals surface area contributed by atoms with E-state index in [0.29, 0.717) is 52.4 Å². The van der Waals surface area contributed by atoms with Crippen LogP contribution in [-0.2, 0) is 6.42 Å². The summed E-state index contributed by atoms with van der Waals surface area (Å²) in [7, 11) is 3.19. The molecule has 0 unspecified atom stereocenters. The fourth-order valence-electron chi connectivity index (χ4n) is 3.17. The van der Waals surface area contributed by atoms with Crippen LogP contribution < -0.4 is 19.5 Å². The highest BCUT2D eigenvalue weighted by Gasteiger charge is 2.14. The summed E-state index contributed by atoms with van der Waals surface area (Å²) in [5.41, 5.74) is 1.43. The van der Waals surface area contributed by atoms with Crippen LogP contribution >= 0.6 is 23.2 Å². The van der Waals surface area contributed by atoms with Gasteiger partial charge in [0.25, 0.3) is 5.91 Å². The number of hydrogen-bond donors (Lipinski definition) is 1. The van der Waals surface area contributed by atoms with Crippen molar-refractivity contribution >= 4 is 29.1 Å². The third kappa shape index (κ3) is 7.82. The van der Waals surface area contributed by atoms with Gasteiger partial charge in [-0.25, -0.2) is 0 Å². The van der Waals surface area contributed by atoms with E-state index in [1.165, 1.54) is 19.3 Å². The van der Waals surface area contributed by atoms with Gasteiger partial charge in [0.15, 0.2) is 17.2 Å². The second kappa shape index (κ2) is 13.3. The maximum absolute atomic E-state index is 12.5. The first-order chi connectivity index (χ1) is 15.0. The van der Waals surface area contributed by atoms with Crippen LogP contribution in [0.4, 0.5) is 0 Å². The Morgan fingerprint density at radius 2 is 1.61 bits per heavy atom. The van der Waals surface area contributed by atoms with Crippen LogP contribution in [0.15, 0.2) is 30.3 Å². The lowest BCUT2D eigenvalue weighted by Gasteiger charge is -2.12. The van der Waals surface area contributed by atoms with Gasteiger partial charge in [-0.05, 0) is 42.7 Å². The molecule has 1 N–H and O–H groups in total. The molecule has 0 atom stereocenters. The van der Waals surface area contributed by atoms with Crippen LogP contribution in [0.5, 0.6) is 17.2 Å². The van der Waals surface area contributed by atoms with Crippen LogP contribution in [0.3, 0.4) is 0 Å². The molecule has 1 amide bonds. The van der Waals surface area contributed by atoms with Crippen molar-refractivity contribution in [1.82, 2.24) is 5.32 Å². The predicted molar refractivity (Wildman–Crippen MR) is 126 cm³/mol. The monoisotopic (exact) mass is 467 g/mol. The molecule has 0 saturated heterocycles. The standard InChI is InChI=1S/C24H31Cl2NO4/c1-4-5-6-7-8-13-31-23-19(25)15-18(16-20(23)26)24(28)27-12-11-17-9-10-21(29-2)22(14-17)30-3/h9-10,14-16H,4-8,11-13H2,1-3H3,(H,27,28). The molecule has 0 radical (unpaired) electrons. The number of nitrogens with one attached hydrogen (secondary N) is 1. The molecule has 0 aliphatic heterocycles. The molecule has 170 valence electrons. The molecule has 0 spiro atoms. The molecule has 0 aromatic heterocycles. The van der Waals surface area contributed by atoms with E-state index in [9.17, 15) is 4.79 Å². The highest BCUT2D eigenvalue weighted by Crippen LogP contribution is 2.34. The molecule has 5 nitrogen and oxygen atoms in total. The number of unbranched alkanes of at least 4 members (excludes halogenated alkanes) is 4. The lowest BCUT2D eigenvalue weighted by Crippen LogP contribution is -2.25. The van der Waals surface area contributed by atoms with Crippen molar-refractivity contribution in [3.63, 3.8) is 0 Å². The third-order valence-corrected chi connectivity index (χ3v) is 5.46. The zero-order valence-electron chi connectivity index (χ0n) is 18.4. The van der Waals surface area contributed by atoms with E-state index in [1.807, 2.05) is 18.2 Å². The second-order valence-corrected chi connectivity index (χ2v) is 8.04. The molecule has 0 fully saturated rings. The van der Waals surface area contributed by atoms with Gasteiger partial charge in [0.05, 0.1) is 30.9 Å². The van der Waals surface area contributed by atoms with E-state index in [4.69, 9.17) is 37.4 Å². The zero-order chi connectivity index (χ0) is 22.6. The smallest absolute Gasteiger partial charge is 0.251 e. The van der Waals surface area contributed by atoms with Crippen molar-refractivity contribution in [2.75, 3.05) is 27.4 Å². The minimum absolute atomic E-state index is 0.240. The van der Waals surface area contributed by atoms with Crippen molar-refractivity contribution in [1.29, 1.82) is 0 Å². The lowest BCUT2D eigenvalue weighted by atomic mass is 10.1. The van der Waals surface area contributed by atoms with Crippen LogP contribution in [0.1, 0.15) is 54.9 Å². The van der Waals surface area contributed by atoms with Gasteiger partial charge in [-0.1, -0.05) is 61.9 Å². The Morgan fingerprint density at radius 1 is 0.935 bits per heavy atom. The number of ether oxygens (including phenoxy) is 3. The number of carbonyl (C=O) groups excluding carboxylic acids is 1. The number of halogens is 2. The average Bonchev–Trinajstić information content (AvgIpc) is 2.77. The Kier molecular flexibility index (Phi) is 10.8. The summed E-state index contributed by atoms with van der Waals surface area (Å²) in [4.78, 5) is 12.5. The summed E-state index contributed by atoms with van der Waals surface area (Å²) in [6.45, 7) is 3.20. The summed E-state index contributed by atoms with van der Waals surface area (Å²) in [6, 6.07) is 8.86. The van der Waals surface area contributed by atoms with Gasteiger partial charge in [0, 0.05) is 12.1 Å². The molecule has 31 heavy (non-hydrogen) atoms. The predicted octanol–water partition coefficient (Wildman–Crippen LogP) is 6.33. The number of benzene rings is 2. The molecule has 0 bridgehead atoms. The Balaban J connectivity index is 1.88. The Hall–Kier alpha value is -2.11. The minimum atomic E-state index is -0.240. The molecule has 0 aliphatic carbocycles. The van der Waals surface area contributed by atoms with Gasteiger partial charge in [-0.3, -0.25) is 4.79 Å². The lowest BCUT2D eigenvalue weighted by molar-refractivity contribution is 0.0954. The van der Waals surface area contributed by atoms with E-state index in [0.717, 1.165) is 18.4 Å². The largest absolute Gasteiger partial charge is 0.493 e. The van der Waals surface area contributed by atoms with Crippen molar-refractivity contribution in [2.45, 2.75) is 45.4 Å². The van der Waals surface area contributed by atoms with E-state index in [2.05, 4.69) is 12.2 Å². The van der Waals surface area contributed by atoms with Gasteiger partial charge in [-0.15, -0.1) is 0 Å². The molecule has 2 aromatic carbocycles. The van der Waals surface area contributed by atoms with Crippen LogP contribution in [0, 0.1) is 0 Å². The first kappa shape index (κ1) is 25.2. The topological polar surface area (TPSA) is 56.8 Å². The first-order valence-corrected chi connectivity index (χ1v) is 11.4. The molecular weight excluding hydrogens is 437 g/mol. The Labute approximate surface area is 195 Å². The van der Waals surface area contributed by atoms with Crippen LogP contribution in [0.2, 0.25) is 10.0 Å². The van der Waals surface area contributed by atoms with Crippen molar-refractivity contribution < 1.29 is 19.0 Å². The summed E-state index contributed by atoms with van der Waals surface area (Å²) in [5.74, 6) is 1.52. The molecular formula is C24H31Cl2NO4. The summed E-state index contributed by atoms with van der Waals surface area (Å²) in [5, 5.41) is 3.57. The van der Waals surface area contributed by atoms with Crippen LogP contribution in [0.25, 0.3) is 0 Å². The first-order valence-electron chi connectivity index (χ1n) is 10.6.